The van der Waals surface area contributed by atoms with Crippen LogP contribution in [0.5, 0.6) is 11.5 Å². The molecular formula is C24H19F3N2O3. The average Bonchev–Trinajstić information content (AvgIpc) is 2.84. The number of morpholine rings is 1. The van der Waals surface area contributed by atoms with Crippen LogP contribution in [0.15, 0.2) is 60.7 Å². The molecule has 0 atom stereocenters. The third-order valence-electron chi connectivity index (χ3n) is 4.89. The van der Waals surface area contributed by atoms with Gasteiger partial charge in [-0.3, -0.25) is 4.79 Å². The summed E-state index contributed by atoms with van der Waals surface area (Å²) >= 11 is 0. The van der Waals surface area contributed by atoms with E-state index in [-0.39, 0.29) is 30.4 Å². The summed E-state index contributed by atoms with van der Waals surface area (Å²) in [5.41, 5.74) is 0.881. The van der Waals surface area contributed by atoms with Crippen molar-refractivity contribution in [3.05, 3.63) is 89.4 Å². The standard InChI is InChI=1S/C24H19F3N2O3/c25-20-22(21(26)24(28-23(20)27)29-12-14-31-15-13-29)32-19-9-5-4-8-17(19)10-11-18(30)16-6-2-1-3-7-16/h1-11H,12-15H2. The van der Waals surface area contributed by atoms with Crippen LogP contribution in [-0.4, -0.2) is 37.1 Å². The summed E-state index contributed by atoms with van der Waals surface area (Å²) in [4.78, 5) is 17.2. The second-order valence-electron chi connectivity index (χ2n) is 6.99. The fourth-order valence-corrected chi connectivity index (χ4v) is 3.24. The lowest BCUT2D eigenvalue weighted by Crippen LogP contribution is -2.37. The Labute approximate surface area is 182 Å². The third-order valence-corrected chi connectivity index (χ3v) is 4.89. The van der Waals surface area contributed by atoms with Crippen molar-refractivity contribution in [3.63, 3.8) is 0 Å². The van der Waals surface area contributed by atoms with Gasteiger partial charge in [0.2, 0.25) is 17.4 Å². The van der Waals surface area contributed by atoms with Gasteiger partial charge in [0, 0.05) is 24.2 Å². The number of rotatable bonds is 6. The molecule has 1 aliphatic heterocycles. The number of aromatic nitrogens is 1. The van der Waals surface area contributed by atoms with E-state index >= 15 is 4.39 Å². The zero-order valence-corrected chi connectivity index (χ0v) is 16.9. The van der Waals surface area contributed by atoms with Gasteiger partial charge < -0.3 is 14.4 Å². The minimum atomic E-state index is -1.53. The number of para-hydroxylation sites is 1. The lowest BCUT2D eigenvalue weighted by atomic mass is 10.1. The van der Waals surface area contributed by atoms with Crippen LogP contribution in [0.25, 0.3) is 6.08 Å². The summed E-state index contributed by atoms with van der Waals surface area (Å²) in [6, 6.07) is 15.0. The third kappa shape index (κ3) is 4.65. The molecule has 2 aromatic carbocycles. The molecular weight excluding hydrogens is 421 g/mol. The second kappa shape index (κ2) is 9.65. The number of benzene rings is 2. The molecule has 0 bridgehead atoms. The van der Waals surface area contributed by atoms with Gasteiger partial charge in [-0.25, -0.2) is 0 Å². The molecule has 0 radical (unpaired) electrons. The zero-order chi connectivity index (χ0) is 22.5. The lowest BCUT2D eigenvalue weighted by Gasteiger charge is -2.28. The number of halogens is 3. The van der Waals surface area contributed by atoms with Crippen LogP contribution in [0.1, 0.15) is 15.9 Å². The highest BCUT2D eigenvalue weighted by Crippen LogP contribution is 2.35. The first-order chi connectivity index (χ1) is 15.5. The van der Waals surface area contributed by atoms with Crippen LogP contribution >= 0.6 is 0 Å². The van der Waals surface area contributed by atoms with Gasteiger partial charge in [-0.2, -0.15) is 18.2 Å². The van der Waals surface area contributed by atoms with Gasteiger partial charge >= 0.3 is 0 Å². The van der Waals surface area contributed by atoms with Crippen LogP contribution in [-0.2, 0) is 4.74 Å². The van der Waals surface area contributed by atoms with E-state index in [0.717, 1.165) is 0 Å². The summed E-state index contributed by atoms with van der Waals surface area (Å²) in [5.74, 6) is -5.52. The summed E-state index contributed by atoms with van der Waals surface area (Å²) in [6.45, 7) is 1.21. The first kappa shape index (κ1) is 21.6. The Bertz CT molecular complexity index is 1150. The zero-order valence-electron chi connectivity index (χ0n) is 16.9. The van der Waals surface area contributed by atoms with E-state index in [1.807, 2.05) is 0 Å². The topological polar surface area (TPSA) is 51.7 Å². The van der Waals surface area contributed by atoms with Gasteiger partial charge in [0.1, 0.15) is 5.75 Å². The second-order valence-corrected chi connectivity index (χ2v) is 6.99. The Morgan fingerprint density at radius 3 is 2.41 bits per heavy atom. The number of anilines is 1. The SMILES string of the molecule is O=C(C=Cc1ccccc1Oc1c(F)c(F)nc(N2CCOCC2)c1F)c1ccccc1. The minimum absolute atomic E-state index is 0.0564. The Hall–Kier alpha value is -3.65. The highest BCUT2D eigenvalue weighted by molar-refractivity contribution is 6.06. The molecule has 8 heteroatoms. The molecule has 1 aromatic heterocycles. The number of hydrogen-bond acceptors (Lipinski definition) is 5. The molecule has 32 heavy (non-hydrogen) atoms. The van der Waals surface area contributed by atoms with Crippen molar-refractivity contribution < 1.29 is 27.4 Å². The van der Waals surface area contributed by atoms with E-state index < -0.39 is 23.3 Å². The fraction of sp³-hybridized carbons (Fsp3) is 0.167. The number of ketones is 1. The maximum atomic E-state index is 15.1. The Kier molecular flexibility index (Phi) is 6.51. The highest BCUT2D eigenvalue weighted by Gasteiger charge is 2.27. The van der Waals surface area contributed by atoms with Crippen molar-refractivity contribution in [2.75, 3.05) is 31.2 Å². The minimum Gasteiger partial charge on any atom is -0.450 e. The van der Waals surface area contributed by atoms with Crippen molar-refractivity contribution >= 4 is 17.7 Å². The van der Waals surface area contributed by atoms with Crippen LogP contribution < -0.4 is 9.64 Å². The van der Waals surface area contributed by atoms with Crippen molar-refractivity contribution in [3.8, 4) is 11.5 Å². The Balaban J connectivity index is 1.64. The van der Waals surface area contributed by atoms with Crippen molar-refractivity contribution in [2.24, 2.45) is 0 Å². The van der Waals surface area contributed by atoms with Gasteiger partial charge in [-0.1, -0.05) is 48.5 Å². The quantitative estimate of drug-likeness (QED) is 0.306. The maximum absolute atomic E-state index is 15.1. The smallest absolute Gasteiger partial charge is 0.255 e. The molecule has 0 N–H and O–H groups in total. The van der Waals surface area contributed by atoms with E-state index in [4.69, 9.17) is 9.47 Å². The van der Waals surface area contributed by atoms with Gasteiger partial charge in [-0.15, -0.1) is 0 Å². The summed E-state index contributed by atoms with van der Waals surface area (Å²) in [5, 5.41) is 0. The van der Waals surface area contributed by atoms with Gasteiger partial charge in [0.05, 0.1) is 13.2 Å². The van der Waals surface area contributed by atoms with Crippen molar-refractivity contribution in [1.82, 2.24) is 4.98 Å². The lowest BCUT2D eigenvalue weighted by molar-refractivity contribution is 0.104. The number of nitrogens with zero attached hydrogens (tertiary/aromatic N) is 2. The van der Waals surface area contributed by atoms with Crippen LogP contribution in [0.2, 0.25) is 0 Å². The molecule has 2 heterocycles. The van der Waals surface area contributed by atoms with E-state index in [0.29, 0.717) is 24.3 Å². The van der Waals surface area contributed by atoms with E-state index in [1.54, 1.807) is 48.5 Å². The molecule has 0 spiro atoms. The predicted octanol–water partition coefficient (Wildman–Crippen LogP) is 5.02. The normalized spacial score (nSPS) is 14.0. The fourth-order valence-electron chi connectivity index (χ4n) is 3.24. The van der Waals surface area contributed by atoms with Crippen molar-refractivity contribution in [1.29, 1.82) is 0 Å². The van der Waals surface area contributed by atoms with E-state index in [9.17, 15) is 13.6 Å². The summed E-state index contributed by atoms with van der Waals surface area (Å²) in [7, 11) is 0. The Morgan fingerprint density at radius 1 is 0.969 bits per heavy atom. The predicted molar refractivity (Wildman–Crippen MR) is 113 cm³/mol. The molecule has 4 rings (SSSR count). The molecule has 3 aromatic rings. The van der Waals surface area contributed by atoms with Gasteiger partial charge in [0.15, 0.2) is 11.6 Å². The number of carbonyl (C=O) groups excluding carboxylic acids is 1. The highest BCUT2D eigenvalue weighted by atomic mass is 19.2. The first-order valence-electron chi connectivity index (χ1n) is 9.96. The molecule has 0 saturated carbocycles. The summed E-state index contributed by atoms with van der Waals surface area (Å²) in [6.07, 6.45) is 2.80. The average molecular weight is 440 g/mol. The molecule has 1 aliphatic rings. The molecule has 1 saturated heterocycles. The number of pyridine rings is 1. The van der Waals surface area contributed by atoms with Gasteiger partial charge in [-0.05, 0) is 18.2 Å². The molecule has 0 unspecified atom stereocenters. The Morgan fingerprint density at radius 2 is 1.66 bits per heavy atom. The van der Waals surface area contributed by atoms with E-state index in [1.165, 1.54) is 23.1 Å². The van der Waals surface area contributed by atoms with Crippen LogP contribution in [0, 0.1) is 17.6 Å². The number of carbonyl (C=O) groups is 1. The number of hydrogen-bond donors (Lipinski definition) is 0. The van der Waals surface area contributed by atoms with Gasteiger partial charge in [0.25, 0.3) is 5.95 Å². The van der Waals surface area contributed by atoms with Crippen LogP contribution in [0.4, 0.5) is 19.0 Å². The number of ether oxygens (including phenoxy) is 2. The monoisotopic (exact) mass is 440 g/mol. The first-order valence-corrected chi connectivity index (χ1v) is 9.96. The van der Waals surface area contributed by atoms with Crippen LogP contribution in [0.3, 0.4) is 0 Å². The molecule has 5 nitrogen and oxygen atoms in total. The molecule has 0 amide bonds. The maximum Gasteiger partial charge on any atom is 0.255 e. The number of allylic oxidation sites excluding steroid dienone is 1. The summed E-state index contributed by atoms with van der Waals surface area (Å²) < 4.78 is 54.4. The largest absolute Gasteiger partial charge is 0.450 e. The molecule has 164 valence electrons. The van der Waals surface area contributed by atoms with Crippen molar-refractivity contribution in [2.45, 2.75) is 0 Å². The van der Waals surface area contributed by atoms with E-state index in [2.05, 4.69) is 4.98 Å². The molecule has 0 aliphatic carbocycles. The molecule has 1 fully saturated rings.